The first-order chi connectivity index (χ1) is 10.7. The highest BCUT2D eigenvalue weighted by atomic mass is 16.3. The van der Waals surface area contributed by atoms with Crippen LogP contribution in [0.3, 0.4) is 0 Å². The van der Waals surface area contributed by atoms with E-state index in [1.165, 1.54) is 5.56 Å². The highest BCUT2D eigenvalue weighted by Gasteiger charge is 2.48. The molecule has 0 aromatic carbocycles. The zero-order valence-electron chi connectivity index (χ0n) is 12.8. The zero-order chi connectivity index (χ0) is 15.1. The minimum Gasteiger partial charge on any atom is -0.469 e. The Bertz CT molecular complexity index is 661. The third kappa shape index (κ3) is 2.45. The van der Waals surface area contributed by atoms with E-state index in [0.29, 0.717) is 6.04 Å². The molecule has 5 heteroatoms. The fraction of sp³-hybridized carbons (Fsp3) is 0.529. The van der Waals surface area contributed by atoms with Gasteiger partial charge in [-0.15, -0.1) is 0 Å². The average Bonchev–Trinajstić information content (AvgIpc) is 2.95. The second kappa shape index (κ2) is 5.30. The molecule has 2 aromatic heterocycles. The number of hydrogen-bond donors (Lipinski definition) is 0. The van der Waals surface area contributed by atoms with Crippen molar-refractivity contribution in [3.05, 3.63) is 42.1 Å². The minimum atomic E-state index is 0.115. The molecular weight excluding hydrogens is 278 g/mol. The second-order valence-corrected chi connectivity index (χ2v) is 6.54. The summed E-state index contributed by atoms with van der Waals surface area (Å²) in [6, 6.07) is 4.18. The Morgan fingerprint density at radius 2 is 2.36 bits per heavy atom. The molecule has 0 bridgehead atoms. The molecule has 1 aliphatic heterocycles. The van der Waals surface area contributed by atoms with Gasteiger partial charge >= 0.3 is 0 Å². The van der Waals surface area contributed by atoms with E-state index < -0.39 is 0 Å². The van der Waals surface area contributed by atoms with E-state index in [1.54, 1.807) is 6.26 Å². The van der Waals surface area contributed by atoms with Crippen LogP contribution in [0.4, 0.5) is 0 Å². The van der Waals surface area contributed by atoms with Gasteiger partial charge in [-0.2, -0.15) is 5.10 Å². The van der Waals surface area contributed by atoms with Gasteiger partial charge in [0.25, 0.3) is 0 Å². The number of hydrogen-bond acceptors (Lipinski definition) is 3. The number of aryl methyl sites for hydroxylation is 1. The molecule has 4 rings (SSSR count). The molecule has 1 saturated carbocycles. The van der Waals surface area contributed by atoms with Crippen molar-refractivity contribution in [3.63, 3.8) is 0 Å². The van der Waals surface area contributed by atoms with Gasteiger partial charge in [0.05, 0.1) is 18.5 Å². The van der Waals surface area contributed by atoms with Crippen LogP contribution in [-0.2, 0) is 4.79 Å². The maximum atomic E-state index is 12.7. The molecule has 0 radical (unpaired) electrons. The number of nitrogens with zero attached hydrogens (tertiary/aromatic N) is 3. The molecule has 0 spiro atoms. The lowest BCUT2D eigenvalue weighted by Crippen LogP contribution is -2.41. The van der Waals surface area contributed by atoms with Gasteiger partial charge in [-0.3, -0.25) is 9.48 Å². The van der Waals surface area contributed by atoms with E-state index in [9.17, 15) is 4.79 Å². The van der Waals surface area contributed by atoms with Crippen LogP contribution >= 0.6 is 0 Å². The van der Waals surface area contributed by atoms with Gasteiger partial charge in [0.2, 0.25) is 5.91 Å². The third-order valence-corrected chi connectivity index (χ3v) is 4.83. The highest BCUT2D eigenvalue weighted by Crippen LogP contribution is 2.49. The lowest BCUT2D eigenvalue weighted by Gasteiger charge is -2.33. The van der Waals surface area contributed by atoms with Gasteiger partial charge in [0.1, 0.15) is 5.76 Å². The number of furan rings is 1. The third-order valence-electron chi connectivity index (χ3n) is 4.83. The van der Waals surface area contributed by atoms with Gasteiger partial charge in [-0.25, -0.2) is 0 Å². The molecule has 2 aromatic rings. The van der Waals surface area contributed by atoms with E-state index in [0.717, 1.165) is 38.1 Å². The predicted octanol–water partition coefficient (Wildman–Crippen LogP) is 2.75. The molecule has 116 valence electrons. The van der Waals surface area contributed by atoms with Crippen molar-refractivity contribution in [2.24, 2.45) is 5.92 Å². The molecule has 3 heterocycles. The highest BCUT2D eigenvalue weighted by molar-refractivity contribution is 5.83. The van der Waals surface area contributed by atoms with Crippen LogP contribution in [0.5, 0.6) is 0 Å². The Kier molecular flexibility index (Phi) is 3.28. The van der Waals surface area contributed by atoms with Gasteiger partial charge in [-0.05, 0) is 43.9 Å². The van der Waals surface area contributed by atoms with Crippen molar-refractivity contribution < 1.29 is 9.21 Å². The molecule has 2 fully saturated rings. The number of carbonyl (C=O) groups excluding carboxylic acids is 1. The van der Waals surface area contributed by atoms with Crippen LogP contribution in [0.15, 0.2) is 35.2 Å². The summed E-state index contributed by atoms with van der Waals surface area (Å²) in [7, 11) is 0. The summed E-state index contributed by atoms with van der Waals surface area (Å²) in [6.07, 6.45) is 8.71. The maximum absolute atomic E-state index is 12.7. The van der Waals surface area contributed by atoms with Gasteiger partial charge in [0, 0.05) is 31.1 Å². The zero-order valence-corrected chi connectivity index (χ0v) is 12.8. The Morgan fingerprint density at radius 1 is 1.45 bits per heavy atom. The smallest absolute Gasteiger partial charge is 0.226 e. The first-order valence-corrected chi connectivity index (χ1v) is 8.05. The SMILES string of the molecule is Cc1cnn(C2CCCN(C(=O)C3CC3c3ccco3)C2)c1. The summed E-state index contributed by atoms with van der Waals surface area (Å²) in [5, 5.41) is 4.41. The summed E-state index contributed by atoms with van der Waals surface area (Å²) in [6.45, 7) is 3.70. The summed E-state index contributed by atoms with van der Waals surface area (Å²) < 4.78 is 7.45. The van der Waals surface area contributed by atoms with Crippen LogP contribution in [0, 0.1) is 12.8 Å². The summed E-state index contributed by atoms with van der Waals surface area (Å²) in [5.74, 6) is 1.64. The molecule has 1 aliphatic carbocycles. The van der Waals surface area contributed by atoms with E-state index >= 15 is 0 Å². The standard InChI is InChI=1S/C17H21N3O2/c1-12-9-18-20(10-12)13-4-2-6-19(11-13)17(21)15-8-14(15)16-5-3-7-22-16/h3,5,7,9-10,13-15H,2,4,6,8,11H2,1H3. The van der Waals surface area contributed by atoms with Crippen molar-refractivity contribution in [1.29, 1.82) is 0 Å². The van der Waals surface area contributed by atoms with Gasteiger partial charge < -0.3 is 9.32 Å². The average molecular weight is 299 g/mol. The molecular formula is C17H21N3O2. The molecule has 22 heavy (non-hydrogen) atoms. The first-order valence-electron chi connectivity index (χ1n) is 8.05. The number of piperidine rings is 1. The number of carbonyl (C=O) groups is 1. The Hall–Kier alpha value is -2.04. The van der Waals surface area contributed by atoms with Crippen molar-refractivity contribution >= 4 is 5.91 Å². The summed E-state index contributed by atoms with van der Waals surface area (Å²) >= 11 is 0. The number of amides is 1. The quantitative estimate of drug-likeness (QED) is 0.875. The number of aromatic nitrogens is 2. The lowest BCUT2D eigenvalue weighted by atomic mass is 10.0. The first kappa shape index (κ1) is 13.6. The van der Waals surface area contributed by atoms with Crippen molar-refractivity contribution in [2.75, 3.05) is 13.1 Å². The maximum Gasteiger partial charge on any atom is 0.226 e. The van der Waals surface area contributed by atoms with E-state index in [1.807, 2.05) is 34.8 Å². The molecule has 2 aliphatic rings. The number of likely N-dealkylation sites (tertiary alicyclic amines) is 1. The normalized spacial score (nSPS) is 27.9. The molecule has 1 amide bonds. The fourth-order valence-electron chi connectivity index (χ4n) is 3.52. The van der Waals surface area contributed by atoms with Crippen LogP contribution < -0.4 is 0 Å². The summed E-state index contributed by atoms with van der Waals surface area (Å²) in [5.41, 5.74) is 1.17. The van der Waals surface area contributed by atoms with Crippen molar-refractivity contribution in [2.45, 2.75) is 38.1 Å². The lowest BCUT2D eigenvalue weighted by molar-refractivity contribution is -0.134. The Labute approximate surface area is 129 Å². The van der Waals surface area contributed by atoms with Crippen molar-refractivity contribution in [3.8, 4) is 0 Å². The van der Waals surface area contributed by atoms with Crippen LogP contribution in [0.2, 0.25) is 0 Å². The Morgan fingerprint density at radius 3 is 3.09 bits per heavy atom. The minimum absolute atomic E-state index is 0.115. The largest absolute Gasteiger partial charge is 0.469 e. The summed E-state index contributed by atoms with van der Waals surface area (Å²) in [4.78, 5) is 14.7. The molecule has 5 nitrogen and oxygen atoms in total. The van der Waals surface area contributed by atoms with E-state index in [4.69, 9.17) is 4.42 Å². The topological polar surface area (TPSA) is 51.3 Å². The molecule has 0 N–H and O–H groups in total. The van der Waals surface area contributed by atoms with Crippen molar-refractivity contribution in [1.82, 2.24) is 14.7 Å². The molecule has 1 saturated heterocycles. The van der Waals surface area contributed by atoms with Gasteiger partial charge in [0.15, 0.2) is 0 Å². The van der Waals surface area contributed by atoms with Crippen LogP contribution in [0.1, 0.15) is 42.5 Å². The van der Waals surface area contributed by atoms with Gasteiger partial charge in [-0.1, -0.05) is 0 Å². The monoisotopic (exact) mass is 299 g/mol. The Balaban J connectivity index is 1.41. The predicted molar refractivity (Wildman–Crippen MR) is 81.4 cm³/mol. The van der Waals surface area contributed by atoms with E-state index in [2.05, 4.69) is 11.3 Å². The van der Waals surface area contributed by atoms with Crippen LogP contribution in [-0.4, -0.2) is 33.7 Å². The molecule has 3 atom stereocenters. The molecule has 3 unspecified atom stereocenters. The number of rotatable bonds is 3. The fourth-order valence-corrected chi connectivity index (χ4v) is 3.52. The second-order valence-electron chi connectivity index (χ2n) is 6.54. The van der Waals surface area contributed by atoms with E-state index in [-0.39, 0.29) is 17.7 Å². The van der Waals surface area contributed by atoms with Crippen LogP contribution in [0.25, 0.3) is 0 Å².